The zero-order valence-corrected chi connectivity index (χ0v) is 18.7. The van der Waals surface area contributed by atoms with E-state index in [1.807, 2.05) is 24.3 Å². The van der Waals surface area contributed by atoms with E-state index in [2.05, 4.69) is 20.0 Å². The third-order valence-corrected chi connectivity index (χ3v) is 8.85. The summed E-state index contributed by atoms with van der Waals surface area (Å²) in [4.78, 5) is 0. The predicted molar refractivity (Wildman–Crippen MR) is 117 cm³/mol. The van der Waals surface area contributed by atoms with Crippen molar-refractivity contribution in [1.82, 2.24) is 0 Å². The molecule has 0 aliphatic carbocycles. The van der Waals surface area contributed by atoms with Gasteiger partial charge in [0.25, 0.3) is 0 Å². The van der Waals surface area contributed by atoms with Crippen LogP contribution >= 0.6 is 0 Å². The first-order valence-electron chi connectivity index (χ1n) is 10.6. The lowest BCUT2D eigenvalue weighted by Gasteiger charge is -2.24. The highest BCUT2D eigenvalue weighted by Gasteiger charge is 2.22. The van der Waals surface area contributed by atoms with Gasteiger partial charge >= 0.3 is 0 Å². The number of aliphatic hydroxyl groups excluding tert-OH is 2. The Hall–Kier alpha value is -0.883. The minimum atomic E-state index is -1.01. The summed E-state index contributed by atoms with van der Waals surface area (Å²) in [7, 11) is -1.01. The van der Waals surface area contributed by atoms with E-state index >= 15 is 0 Å². The molecule has 0 atom stereocenters. The van der Waals surface area contributed by atoms with E-state index in [0.29, 0.717) is 6.42 Å². The van der Waals surface area contributed by atoms with E-state index in [0.717, 1.165) is 30.8 Å². The number of benzene rings is 1. The Bertz CT molecular complexity index is 501. The lowest BCUT2D eigenvalue weighted by molar-refractivity contribution is 0.115. The normalized spacial score (nSPS) is 12.4. The van der Waals surface area contributed by atoms with E-state index in [9.17, 15) is 10.2 Å². The molecule has 156 valence electrons. The average Bonchev–Trinajstić information content (AvgIpc) is 2.67. The fraction of sp³-hybridized carbons (Fsp3) is 0.727. The lowest BCUT2D eigenvalue weighted by atomic mass is 9.94. The first-order valence-corrected chi connectivity index (χ1v) is 14.0. The van der Waals surface area contributed by atoms with Gasteiger partial charge in [0, 0.05) is 8.07 Å². The van der Waals surface area contributed by atoms with Gasteiger partial charge < -0.3 is 20.7 Å². The Balaban J connectivity index is 2.24. The van der Waals surface area contributed by atoms with Crippen LogP contribution in [0.4, 0.5) is 0 Å². The molecule has 0 fully saturated rings. The molecule has 0 saturated carbocycles. The molecule has 0 bridgehead atoms. The summed E-state index contributed by atoms with van der Waals surface area (Å²) >= 11 is 0. The molecule has 1 aromatic rings. The van der Waals surface area contributed by atoms with Gasteiger partial charge in [0.2, 0.25) is 0 Å². The van der Waals surface area contributed by atoms with Crippen molar-refractivity contribution in [3.05, 3.63) is 29.8 Å². The Morgan fingerprint density at radius 3 is 2.11 bits per heavy atom. The van der Waals surface area contributed by atoms with Gasteiger partial charge in [-0.25, -0.2) is 0 Å². The van der Waals surface area contributed by atoms with Gasteiger partial charge in [-0.15, -0.1) is 0 Å². The molecule has 1 rings (SSSR count). The van der Waals surface area contributed by atoms with Crippen LogP contribution in [0.3, 0.4) is 0 Å². The molecule has 0 spiro atoms. The second kappa shape index (κ2) is 12.6. The molecule has 0 aliphatic rings. The van der Waals surface area contributed by atoms with Crippen molar-refractivity contribution < 1.29 is 14.9 Å². The minimum Gasteiger partial charge on any atom is -0.494 e. The molecular formula is C22H41NO3Si. The first-order chi connectivity index (χ1) is 12.8. The SMILES string of the molecule is CCCCC[Si](C)(C)CCCCOc1ccc(CCC(N)(CO)CO)cc1. The molecule has 0 aliphatic heterocycles. The third kappa shape index (κ3) is 10.3. The van der Waals surface area contributed by atoms with Crippen molar-refractivity contribution in [3.63, 3.8) is 0 Å². The molecule has 0 radical (unpaired) electrons. The van der Waals surface area contributed by atoms with Gasteiger partial charge in [0.05, 0.1) is 25.4 Å². The molecule has 0 aromatic heterocycles. The van der Waals surface area contributed by atoms with Gasteiger partial charge in [0.15, 0.2) is 0 Å². The number of nitrogens with two attached hydrogens (primary N) is 1. The van der Waals surface area contributed by atoms with Crippen molar-refractivity contribution in [2.24, 2.45) is 5.73 Å². The van der Waals surface area contributed by atoms with Crippen molar-refractivity contribution in [2.75, 3.05) is 19.8 Å². The Morgan fingerprint density at radius 1 is 0.963 bits per heavy atom. The van der Waals surface area contributed by atoms with Gasteiger partial charge in [-0.05, 0) is 37.0 Å². The van der Waals surface area contributed by atoms with Crippen LogP contribution in [0.25, 0.3) is 0 Å². The van der Waals surface area contributed by atoms with Crippen LogP contribution in [0.1, 0.15) is 51.0 Å². The molecule has 1 aromatic carbocycles. The van der Waals surface area contributed by atoms with Crippen LogP contribution in [-0.4, -0.2) is 43.6 Å². The fourth-order valence-corrected chi connectivity index (χ4v) is 5.89. The van der Waals surface area contributed by atoms with E-state index in [-0.39, 0.29) is 13.2 Å². The second-order valence-corrected chi connectivity index (χ2v) is 14.1. The van der Waals surface area contributed by atoms with E-state index < -0.39 is 13.6 Å². The van der Waals surface area contributed by atoms with Gasteiger partial charge in [-0.3, -0.25) is 0 Å². The fourth-order valence-electron chi connectivity index (χ4n) is 3.23. The molecule has 0 heterocycles. The quantitative estimate of drug-likeness (QED) is 0.305. The number of unbranched alkanes of at least 4 members (excludes halogenated alkanes) is 3. The summed E-state index contributed by atoms with van der Waals surface area (Å²) in [6, 6.07) is 10.9. The second-order valence-electron chi connectivity index (χ2n) is 8.75. The maximum Gasteiger partial charge on any atom is 0.119 e. The van der Waals surface area contributed by atoms with Crippen LogP contribution in [0, 0.1) is 0 Å². The lowest BCUT2D eigenvalue weighted by Crippen LogP contribution is -2.47. The van der Waals surface area contributed by atoms with Crippen LogP contribution in [0.15, 0.2) is 24.3 Å². The number of rotatable bonds is 15. The predicted octanol–water partition coefficient (Wildman–Crippen LogP) is 4.36. The molecule has 0 unspecified atom stereocenters. The van der Waals surface area contributed by atoms with Crippen LogP contribution in [0.2, 0.25) is 25.2 Å². The molecule has 5 heteroatoms. The highest BCUT2D eigenvalue weighted by atomic mass is 28.3. The third-order valence-electron chi connectivity index (χ3n) is 5.44. The molecule has 4 N–H and O–H groups in total. The van der Waals surface area contributed by atoms with Gasteiger partial charge in [0.1, 0.15) is 5.75 Å². The molecule has 0 saturated heterocycles. The maximum absolute atomic E-state index is 9.25. The van der Waals surface area contributed by atoms with Gasteiger partial charge in [-0.1, -0.05) is 69.9 Å². The number of ether oxygens (including phenoxy) is 1. The Morgan fingerprint density at radius 2 is 1.56 bits per heavy atom. The minimum absolute atomic E-state index is 0.205. The van der Waals surface area contributed by atoms with Gasteiger partial charge in [-0.2, -0.15) is 0 Å². The van der Waals surface area contributed by atoms with Crippen LogP contribution in [-0.2, 0) is 6.42 Å². The zero-order chi connectivity index (χ0) is 20.2. The Labute approximate surface area is 167 Å². The molecule has 27 heavy (non-hydrogen) atoms. The maximum atomic E-state index is 9.25. The van der Waals surface area contributed by atoms with Crippen molar-refractivity contribution in [2.45, 2.75) is 82.6 Å². The summed E-state index contributed by atoms with van der Waals surface area (Å²) in [5, 5.41) is 18.5. The highest BCUT2D eigenvalue weighted by molar-refractivity contribution is 6.77. The summed E-state index contributed by atoms with van der Waals surface area (Å²) in [6.07, 6.45) is 7.77. The van der Waals surface area contributed by atoms with Crippen molar-refractivity contribution in [3.8, 4) is 5.75 Å². The summed E-state index contributed by atoms with van der Waals surface area (Å²) in [5.74, 6) is 0.904. The summed E-state index contributed by atoms with van der Waals surface area (Å²) < 4.78 is 5.87. The number of aryl methyl sites for hydroxylation is 1. The van der Waals surface area contributed by atoms with Crippen LogP contribution in [0.5, 0.6) is 5.75 Å². The van der Waals surface area contributed by atoms with Crippen LogP contribution < -0.4 is 10.5 Å². The summed E-state index contributed by atoms with van der Waals surface area (Å²) in [6.45, 7) is 7.68. The monoisotopic (exact) mass is 395 g/mol. The highest BCUT2D eigenvalue weighted by Crippen LogP contribution is 2.22. The van der Waals surface area contributed by atoms with E-state index in [1.54, 1.807) is 0 Å². The zero-order valence-electron chi connectivity index (χ0n) is 17.7. The number of aliphatic hydroxyl groups is 2. The Kier molecular flexibility index (Phi) is 11.2. The largest absolute Gasteiger partial charge is 0.494 e. The first kappa shape index (κ1) is 24.2. The van der Waals surface area contributed by atoms with Crippen molar-refractivity contribution in [1.29, 1.82) is 0 Å². The number of hydrogen-bond donors (Lipinski definition) is 3. The standard InChI is InChI=1S/C22H41NO3Si/c1-4-5-7-16-27(2,3)17-8-6-15-26-21-11-9-20(10-12-21)13-14-22(23,18-24)19-25/h9-12,24-25H,4-8,13-19,23H2,1-3H3. The number of hydrogen-bond acceptors (Lipinski definition) is 4. The molecule has 4 nitrogen and oxygen atoms in total. The van der Waals surface area contributed by atoms with E-state index in [4.69, 9.17) is 10.5 Å². The average molecular weight is 396 g/mol. The van der Waals surface area contributed by atoms with E-state index in [1.165, 1.54) is 37.8 Å². The topological polar surface area (TPSA) is 75.7 Å². The summed E-state index contributed by atoms with van der Waals surface area (Å²) in [5.41, 5.74) is 6.15. The molecular weight excluding hydrogens is 354 g/mol. The van der Waals surface area contributed by atoms with Crippen molar-refractivity contribution >= 4 is 8.07 Å². The molecule has 0 amide bonds. The smallest absolute Gasteiger partial charge is 0.119 e.